The highest BCUT2D eigenvalue weighted by atomic mass is 16.7. The van der Waals surface area contributed by atoms with E-state index in [1.54, 1.807) is 34.1 Å². The molecule has 9 nitrogen and oxygen atoms in total. The maximum Gasteiger partial charge on any atom is 0.330 e. The van der Waals surface area contributed by atoms with E-state index in [-0.39, 0.29) is 19.3 Å². The van der Waals surface area contributed by atoms with Gasteiger partial charge in [-0.1, -0.05) is 18.2 Å². The highest BCUT2D eigenvalue weighted by molar-refractivity contribution is 5.82. The zero-order valence-electron chi connectivity index (χ0n) is 21.8. The van der Waals surface area contributed by atoms with E-state index in [1.807, 2.05) is 24.3 Å². The number of esters is 2. The van der Waals surface area contributed by atoms with Crippen molar-refractivity contribution >= 4 is 11.9 Å². The van der Waals surface area contributed by atoms with Gasteiger partial charge in [0.15, 0.2) is 0 Å². The fraction of sp³-hybridized carbons (Fsp3) is 0.556. The van der Waals surface area contributed by atoms with Gasteiger partial charge in [0.2, 0.25) is 0 Å². The van der Waals surface area contributed by atoms with Gasteiger partial charge in [-0.2, -0.15) is 0 Å². The molecule has 9 heteroatoms. The lowest BCUT2D eigenvalue weighted by atomic mass is 10.2. The molecule has 0 amide bonds. The van der Waals surface area contributed by atoms with Crippen LogP contribution in [0.1, 0.15) is 38.7 Å². The van der Waals surface area contributed by atoms with E-state index < -0.39 is 24.1 Å². The summed E-state index contributed by atoms with van der Waals surface area (Å²) < 4.78 is 37.5. The van der Waals surface area contributed by atoms with Crippen LogP contribution in [0.25, 0.3) is 0 Å². The van der Waals surface area contributed by atoms with Crippen molar-refractivity contribution in [1.82, 2.24) is 0 Å². The molecule has 1 rings (SSSR count). The lowest BCUT2D eigenvalue weighted by Gasteiger charge is -2.22. The minimum atomic E-state index is -0.715. The van der Waals surface area contributed by atoms with Gasteiger partial charge in [-0.3, -0.25) is 4.79 Å². The van der Waals surface area contributed by atoms with E-state index in [2.05, 4.69) is 6.58 Å². The fourth-order valence-electron chi connectivity index (χ4n) is 2.87. The summed E-state index contributed by atoms with van der Waals surface area (Å²) in [6.45, 7) is 8.46. The Morgan fingerprint density at radius 2 is 1.78 bits per heavy atom. The predicted molar refractivity (Wildman–Crippen MR) is 135 cm³/mol. The van der Waals surface area contributed by atoms with Crippen molar-refractivity contribution in [2.24, 2.45) is 0 Å². The van der Waals surface area contributed by atoms with E-state index in [1.165, 1.54) is 12.2 Å². The molecule has 1 unspecified atom stereocenters. The Labute approximate surface area is 214 Å². The van der Waals surface area contributed by atoms with Crippen LogP contribution < -0.4 is 4.74 Å². The van der Waals surface area contributed by atoms with Crippen LogP contribution >= 0.6 is 0 Å². The first-order valence-electron chi connectivity index (χ1n) is 12.0. The number of hydrogen-bond donors (Lipinski definition) is 0. The number of carbonyl (C=O) groups is 2. The molecule has 202 valence electrons. The average Bonchev–Trinajstić information content (AvgIpc) is 2.87. The minimum absolute atomic E-state index is 0.0595. The van der Waals surface area contributed by atoms with Gasteiger partial charge in [-0.05, 0) is 50.5 Å². The Hall–Kier alpha value is -2.72. The van der Waals surface area contributed by atoms with Crippen LogP contribution in [0.4, 0.5) is 0 Å². The molecule has 0 N–H and O–H groups in total. The Morgan fingerprint density at radius 3 is 2.44 bits per heavy atom. The van der Waals surface area contributed by atoms with E-state index in [9.17, 15) is 9.59 Å². The molecule has 1 aromatic carbocycles. The molecular weight excluding hydrogens is 468 g/mol. The van der Waals surface area contributed by atoms with Crippen LogP contribution in [0.2, 0.25) is 0 Å². The van der Waals surface area contributed by atoms with E-state index in [0.29, 0.717) is 32.8 Å². The first-order valence-corrected chi connectivity index (χ1v) is 12.0. The number of benzene rings is 1. The molecule has 1 aromatic rings. The predicted octanol–water partition coefficient (Wildman–Crippen LogP) is 3.99. The number of unbranched alkanes of at least 4 members (excludes halogenated alkanes) is 1. The molecule has 0 saturated carbocycles. The summed E-state index contributed by atoms with van der Waals surface area (Å²) in [5, 5.41) is 0. The number of ether oxygens (including phenoxy) is 7. The number of rotatable bonds is 20. The molecule has 0 aliphatic carbocycles. The third kappa shape index (κ3) is 14.6. The van der Waals surface area contributed by atoms with Gasteiger partial charge >= 0.3 is 11.9 Å². The molecule has 36 heavy (non-hydrogen) atoms. The zero-order chi connectivity index (χ0) is 26.6. The van der Waals surface area contributed by atoms with Gasteiger partial charge in [-0.15, -0.1) is 6.58 Å². The lowest BCUT2D eigenvalue weighted by Crippen LogP contribution is -2.32. The largest absolute Gasteiger partial charge is 0.497 e. The molecule has 0 heterocycles. The van der Waals surface area contributed by atoms with Crippen molar-refractivity contribution in [1.29, 1.82) is 0 Å². The summed E-state index contributed by atoms with van der Waals surface area (Å²) in [6, 6.07) is 7.50. The van der Waals surface area contributed by atoms with E-state index in [4.69, 9.17) is 33.2 Å². The van der Waals surface area contributed by atoms with Crippen molar-refractivity contribution < 1.29 is 42.7 Å². The summed E-state index contributed by atoms with van der Waals surface area (Å²) >= 11 is 0. The zero-order valence-corrected chi connectivity index (χ0v) is 21.8. The van der Waals surface area contributed by atoms with Gasteiger partial charge < -0.3 is 33.2 Å². The molecule has 0 aliphatic rings. The first-order chi connectivity index (χ1) is 17.4. The molecule has 0 radical (unpaired) electrons. The van der Waals surface area contributed by atoms with Crippen molar-refractivity contribution in [3.63, 3.8) is 0 Å². The fourth-order valence-corrected chi connectivity index (χ4v) is 2.87. The second-order valence-corrected chi connectivity index (χ2v) is 7.98. The third-order valence-corrected chi connectivity index (χ3v) is 4.92. The van der Waals surface area contributed by atoms with Crippen LogP contribution in [0.15, 0.2) is 49.1 Å². The second-order valence-electron chi connectivity index (χ2n) is 7.98. The first kappa shape index (κ1) is 31.3. The second kappa shape index (κ2) is 19.5. The van der Waals surface area contributed by atoms with Crippen molar-refractivity contribution in [2.45, 2.75) is 58.0 Å². The maximum absolute atomic E-state index is 12.5. The highest BCUT2D eigenvalue weighted by Crippen LogP contribution is 2.14. The van der Waals surface area contributed by atoms with Gasteiger partial charge in [0.05, 0.1) is 46.1 Å². The van der Waals surface area contributed by atoms with Gasteiger partial charge in [0, 0.05) is 13.2 Å². The van der Waals surface area contributed by atoms with Crippen molar-refractivity contribution in [3.05, 3.63) is 54.6 Å². The third-order valence-electron chi connectivity index (χ3n) is 4.92. The summed E-state index contributed by atoms with van der Waals surface area (Å²) in [7, 11) is 3.18. The van der Waals surface area contributed by atoms with Crippen LogP contribution in [0.5, 0.6) is 5.75 Å². The molecule has 0 fully saturated rings. The number of hydrogen-bond acceptors (Lipinski definition) is 9. The summed E-state index contributed by atoms with van der Waals surface area (Å²) in [6.07, 6.45) is 4.29. The smallest absolute Gasteiger partial charge is 0.330 e. The van der Waals surface area contributed by atoms with Crippen molar-refractivity contribution in [3.8, 4) is 5.75 Å². The Morgan fingerprint density at radius 1 is 1.03 bits per heavy atom. The molecule has 3 atom stereocenters. The Kier molecular flexibility index (Phi) is 16.9. The van der Waals surface area contributed by atoms with Gasteiger partial charge in [-0.25, -0.2) is 4.79 Å². The maximum atomic E-state index is 12.5. The molecular formula is C27H40O9. The molecule has 0 bridgehead atoms. The van der Waals surface area contributed by atoms with Crippen LogP contribution in [-0.4, -0.2) is 71.1 Å². The van der Waals surface area contributed by atoms with Gasteiger partial charge in [0.1, 0.15) is 24.8 Å². The monoisotopic (exact) mass is 508 g/mol. The summed E-state index contributed by atoms with van der Waals surface area (Å²) in [5.41, 5.74) is 0.966. The molecule has 0 aliphatic heterocycles. The summed E-state index contributed by atoms with van der Waals surface area (Å²) in [4.78, 5) is 24.4. The summed E-state index contributed by atoms with van der Waals surface area (Å²) in [5.74, 6) is -0.189. The lowest BCUT2D eigenvalue weighted by molar-refractivity contribution is -0.163. The Balaban J connectivity index is 2.55. The SMILES string of the molecule is C=CCCCOC(=O)C=C[C@H](OCOCCOC)C(C)OC(=O)C[C@H](C)OCc1ccc(OC)cc1. The standard InChI is InChI=1S/C27H40O9/c1-6-7-8-15-33-26(28)14-13-25(35-20-32-17-16-30-4)22(3)36-27(29)18-21(2)34-19-23-9-11-24(31-5)12-10-23/h6,9-14,21-22,25H,1,7-8,15-20H2,2-5H3/t21-,22?,25-/m0/s1. The number of methoxy groups -OCH3 is 2. The topological polar surface area (TPSA) is 98.8 Å². The van der Waals surface area contributed by atoms with Crippen LogP contribution in [-0.2, 0) is 44.6 Å². The molecule has 0 saturated heterocycles. The van der Waals surface area contributed by atoms with Crippen LogP contribution in [0, 0.1) is 0 Å². The number of allylic oxidation sites excluding steroid dienone is 1. The van der Waals surface area contributed by atoms with Crippen LogP contribution in [0.3, 0.4) is 0 Å². The normalized spacial score (nSPS) is 13.7. The number of carbonyl (C=O) groups excluding carboxylic acids is 2. The quantitative estimate of drug-likeness (QED) is 0.0851. The molecule has 0 spiro atoms. The highest BCUT2D eigenvalue weighted by Gasteiger charge is 2.22. The molecule has 0 aromatic heterocycles. The minimum Gasteiger partial charge on any atom is -0.497 e. The van der Waals surface area contributed by atoms with E-state index >= 15 is 0 Å². The van der Waals surface area contributed by atoms with Gasteiger partial charge in [0.25, 0.3) is 0 Å². The Bertz CT molecular complexity index is 776. The van der Waals surface area contributed by atoms with Crippen molar-refractivity contribution in [2.75, 3.05) is 40.8 Å². The average molecular weight is 509 g/mol. The van der Waals surface area contributed by atoms with E-state index in [0.717, 1.165) is 17.7 Å².